The van der Waals surface area contributed by atoms with Crippen LogP contribution in [-0.4, -0.2) is 37.2 Å². The number of carbonyl (C=O) groups excluding carboxylic acids is 1. The highest BCUT2D eigenvalue weighted by Crippen LogP contribution is 2.33. The Labute approximate surface area is 189 Å². The molecule has 2 aromatic heterocycles. The Morgan fingerprint density at radius 1 is 1.25 bits per heavy atom. The molecular formula is C22H23FN6O2S. The molecule has 0 unspecified atom stereocenters. The Balaban J connectivity index is 1.39. The van der Waals surface area contributed by atoms with Crippen LogP contribution in [0.5, 0.6) is 5.88 Å². The minimum atomic E-state index is -0.571. The van der Waals surface area contributed by atoms with Crippen molar-refractivity contribution in [2.24, 2.45) is 0 Å². The summed E-state index contributed by atoms with van der Waals surface area (Å²) in [6, 6.07) is 6.14. The van der Waals surface area contributed by atoms with Crippen LogP contribution < -0.4 is 14.8 Å². The molecule has 1 amide bonds. The molecule has 0 atom stereocenters. The second kappa shape index (κ2) is 9.90. The molecule has 1 aliphatic carbocycles. The molecule has 32 heavy (non-hydrogen) atoms. The highest BCUT2D eigenvalue weighted by atomic mass is 32.2. The van der Waals surface area contributed by atoms with Crippen molar-refractivity contribution < 1.29 is 13.9 Å². The molecule has 3 aromatic rings. The van der Waals surface area contributed by atoms with Crippen LogP contribution in [-0.2, 0) is 11.2 Å². The van der Waals surface area contributed by atoms with Crippen LogP contribution in [0.15, 0.2) is 42.9 Å². The summed E-state index contributed by atoms with van der Waals surface area (Å²) >= 11 is 1.59. The highest BCUT2D eigenvalue weighted by Gasteiger charge is 2.22. The molecule has 0 spiro atoms. The summed E-state index contributed by atoms with van der Waals surface area (Å²) in [7, 11) is 0. The number of hydrogen-bond acceptors (Lipinski definition) is 8. The van der Waals surface area contributed by atoms with Gasteiger partial charge in [0.15, 0.2) is 0 Å². The number of ether oxygens (including phenoxy) is 1. The zero-order valence-corrected chi connectivity index (χ0v) is 18.5. The molecule has 0 radical (unpaired) electrons. The van der Waals surface area contributed by atoms with Crippen molar-refractivity contribution >= 4 is 29.5 Å². The Morgan fingerprint density at radius 2 is 2.09 bits per heavy atom. The fourth-order valence-electron chi connectivity index (χ4n) is 2.79. The minimum Gasteiger partial charge on any atom is -0.474 e. The van der Waals surface area contributed by atoms with E-state index in [0.717, 1.165) is 0 Å². The second-order valence-electron chi connectivity index (χ2n) is 7.62. The van der Waals surface area contributed by atoms with E-state index in [1.807, 2.05) is 13.8 Å². The lowest BCUT2D eigenvalue weighted by atomic mass is 10.1. The monoisotopic (exact) mass is 454 g/mol. The molecule has 0 saturated heterocycles. The number of anilines is 2. The first-order chi connectivity index (χ1) is 15.5. The van der Waals surface area contributed by atoms with Crippen LogP contribution in [0.1, 0.15) is 32.4 Å². The number of aromatic nitrogens is 4. The number of rotatable bonds is 9. The Hall–Kier alpha value is -3.27. The molecule has 1 aliphatic rings. The van der Waals surface area contributed by atoms with Gasteiger partial charge in [0.25, 0.3) is 0 Å². The number of nitrogens with one attached hydrogen (secondary N) is 2. The van der Waals surface area contributed by atoms with Crippen molar-refractivity contribution in [1.29, 1.82) is 0 Å². The first-order valence-corrected chi connectivity index (χ1v) is 11.2. The van der Waals surface area contributed by atoms with Crippen LogP contribution in [0, 0.1) is 5.82 Å². The van der Waals surface area contributed by atoms with Gasteiger partial charge in [-0.15, -0.1) is 0 Å². The predicted molar refractivity (Wildman–Crippen MR) is 122 cm³/mol. The maximum Gasteiger partial charge on any atom is 0.233 e. The summed E-state index contributed by atoms with van der Waals surface area (Å²) in [6.07, 6.45) is 6.97. The van der Waals surface area contributed by atoms with Crippen LogP contribution in [0.2, 0.25) is 0 Å². The minimum absolute atomic E-state index is 0.00650. The predicted octanol–water partition coefficient (Wildman–Crippen LogP) is 4.26. The summed E-state index contributed by atoms with van der Waals surface area (Å²) in [5, 5.41) is 3.20. The normalized spacial score (nSPS) is 13.1. The Bertz CT molecular complexity index is 1110. The lowest BCUT2D eigenvalue weighted by molar-refractivity contribution is -0.115. The van der Waals surface area contributed by atoms with Crippen molar-refractivity contribution in [3.8, 4) is 17.1 Å². The van der Waals surface area contributed by atoms with Crippen molar-refractivity contribution in [1.82, 2.24) is 19.9 Å². The number of nitrogens with zero attached hydrogens (tertiary/aromatic N) is 4. The van der Waals surface area contributed by atoms with E-state index >= 15 is 0 Å². The van der Waals surface area contributed by atoms with Crippen molar-refractivity contribution in [3.63, 3.8) is 0 Å². The molecule has 4 rings (SSSR count). The number of benzene rings is 1. The number of hydrogen-bond donors (Lipinski definition) is 2. The third-order valence-corrected chi connectivity index (χ3v) is 5.51. The van der Waals surface area contributed by atoms with Gasteiger partial charge in [-0.2, -0.15) is 0 Å². The zero-order chi connectivity index (χ0) is 22.5. The molecule has 2 N–H and O–H groups in total. The van der Waals surface area contributed by atoms with Gasteiger partial charge in [0.1, 0.15) is 5.82 Å². The topological polar surface area (TPSA) is 102 Å². The second-order valence-corrected chi connectivity index (χ2v) is 8.73. The van der Waals surface area contributed by atoms with Crippen molar-refractivity contribution in [3.05, 3.63) is 54.4 Å². The molecule has 1 aromatic carbocycles. The average Bonchev–Trinajstić information content (AvgIpc) is 3.58. The fraction of sp³-hybridized carbons (Fsp3) is 0.318. The number of halogens is 1. The molecular weight excluding hydrogens is 431 g/mol. The summed E-state index contributed by atoms with van der Waals surface area (Å²) in [5.41, 5.74) is 1.63. The SMILES string of the molecule is CC(C)Oc1cncc(-c2ccc(NC(=O)Cc3ccnc(NSC4CC4)n3)c(F)c2)n1. The fourth-order valence-corrected chi connectivity index (χ4v) is 3.53. The maximum absolute atomic E-state index is 14.7. The van der Waals surface area contributed by atoms with E-state index in [4.69, 9.17) is 4.74 Å². The quantitative estimate of drug-likeness (QED) is 0.463. The molecule has 1 fully saturated rings. The molecule has 0 bridgehead atoms. The van der Waals surface area contributed by atoms with E-state index in [1.54, 1.807) is 30.3 Å². The Kier molecular flexibility index (Phi) is 6.79. The third-order valence-electron chi connectivity index (χ3n) is 4.40. The maximum atomic E-state index is 14.7. The zero-order valence-electron chi connectivity index (χ0n) is 17.7. The molecule has 1 saturated carbocycles. The van der Waals surface area contributed by atoms with Crippen LogP contribution in [0.3, 0.4) is 0 Å². The van der Waals surface area contributed by atoms with E-state index < -0.39 is 5.82 Å². The van der Waals surface area contributed by atoms with E-state index in [2.05, 4.69) is 30.0 Å². The van der Waals surface area contributed by atoms with E-state index in [9.17, 15) is 9.18 Å². The highest BCUT2D eigenvalue weighted by molar-refractivity contribution is 8.01. The van der Waals surface area contributed by atoms with Gasteiger partial charge in [0, 0.05) is 17.0 Å². The first kappa shape index (κ1) is 21.9. The van der Waals surface area contributed by atoms with Gasteiger partial charge < -0.3 is 10.1 Å². The van der Waals surface area contributed by atoms with Gasteiger partial charge in [-0.25, -0.2) is 19.3 Å². The third kappa shape index (κ3) is 6.13. The van der Waals surface area contributed by atoms with Gasteiger partial charge in [-0.05, 0) is 56.8 Å². The first-order valence-electron chi connectivity index (χ1n) is 10.3. The van der Waals surface area contributed by atoms with Crippen LogP contribution in [0.25, 0.3) is 11.3 Å². The molecule has 0 aliphatic heterocycles. The average molecular weight is 455 g/mol. The number of amides is 1. The van der Waals surface area contributed by atoms with Crippen LogP contribution >= 0.6 is 11.9 Å². The number of carbonyl (C=O) groups is 1. The van der Waals surface area contributed by atoms with Gasteiger partial charge >= 0.3 is 0 Å². The molecule has 166 valence electrons. The van der Waals surface area contributed by atoms with Crippen molar-refractivity contribution in [2.45, 2.75) is 44.5 Å². The summed E-state index contributed by atoms with van der Waals surface area (Å²) in [6.45, 7) is 3.77. The lowest BCUT2D eigenvalue weighted by Gasteiger charge is -2.10. The largest absolute Gasteiger partial charge is 0.474 e. The van der Waals surface area contributed by atoms with Gasteiger partial charge in [-0.1, -0.05) is 6.07 Å². The van der Waals surface area contributed by atoms with E-state index in [1.165, 1.54) is 37.4 Å². The van der Waals surface area contributed by atoms with E-state index in [-0.39, 0.29) is 24.1 Å². The molecule has 8 nitrogen and oxygen atoms in total. The smallest absolute Gasteiger partial charge is 0.233 e. The Morgan fingerprint density at radius 3 is 2.84 bits per heavy atom. The summed E-state index contributed by atoms with van der Waals surface area (Å²) in [5.74, 6) is -0.112. The van der Waals surface area contributed by atoms with Crippen LogP contribution in [0.4, 0.5) is 16.0 Å². The molecule has 10 heteroatoms. The summed E-state index contributed by atoms with van der Waals surface area (Å²) < 4.78 is 23.3. The summed E-state index contributed by atoms with van der Waals surface area (Å²) in [4.78, 5) is 29.3. The molecule has 2 heterocycles. The van der Waals surface area contributed by atoms with Gasteiger partial charge in [0.05, 0.1) is 42.0 Å². The lowest BCUT2D eigenvalue weighted by Crippen LogP contribution is -2.16. The van der Waals surface area contributed by atoms with E-state index in [0.29, 0.717) is 34.0 Å². The standard InChI is InChI=1S/C22H23FN6O2S/c1-13(2)31-21-12-24-11-19(28-21)14-3-6-18(17(23)9-14)27-20(30)10-15-7-8-25-22(26-15)29-32-16-4-5-16/h3,6-9,11-13,16H,4-5,10H2,1-2H3,(H,27,30)(H,25,26,29). The van der Waals surface area contributed by atoms with Gasteiger partial charge in [-0.3, -0.25) is 14.5 Å². The van der Waals surface area contributed by atoms with Gasteiger partial charge in [0.2, 0.25) is 17.7 Å². The van der Waals surface area contributed by atoms with Crippen molar-refractivity contribution in [2.75, 3.05) is 10.0 Å².